The number of furan rings is 1. The quantitative estimate of drug-likeness (QED) is 0.487. The number of nitrogens with zero attached hydrogens (tertiary/aromatic N) is 4. The van der Waals surface area contributed by atoms with Crippen LogP contribution in [0.2, 0.25) is 0 Å². The van der Waals surface area contributed by atoms with Crippen LogP contribution in [0.3, 0.4) is 0 Å². The normalized spacial score (nSPS) is 19.5. The van der Waals surface area contributed by atoms with Gasteiger partial charge in [-0.15, -0.1) is 0 Å². The van der Waals surface area contributed by atoms with Crippen LogP contribution in [0.25, 0.3) is 5.76 Å². The zero-order valence-corrected chi connectivity index (χ0v) is 16.2. The number of hydrogen-bond donors (Lipinski definition) is 1. The molecule has 1 aliphatic rings. The summed E-state index contributed by atoms with van der Waals surface area (Å²) in [5.74, 6) is -1.13. The molecule has 27 heavy (non-hydrogen) atoms. The van der Waals surface area contributed by atoms with Crippen molar-refractivity contribution in [2.75, 3.05) is 27.2 Å². The Labute approximate surface area is 157 Å². The molecule has 1 N–H and O–H groups in total. The average Bonchev–Trinajstić information content (AvgIpc) is 3.26. The smallest absolute Gasteiger partial charge is 0.295 e. The molecule has 1 fully saturated rings. The minimum atomic E-state index is -0.765. The number of likely N-dealkylation sites (tertiary alicyclic amines) is 1. The first-order valence-corrected chi connectivity index (χ1v) is 8.71. The lowest BCUT2D eigenvalue weighted by Gasteiger charge is -2.24. The van der Waals surface area contributed by atoms with E-state index in [0.29, 0.717) is 35.8 Å². The van der Waals surface area contributed by atoms with Crippen molar-refractivity contribution in [1.82, 2.24) is 19.6 Å². The van der Waals surface area contributed by atoms with Gasteiger partial charge >= 0.3 is 0 Å². The van der Waals surface area contributed by atoms with Crippen LogP contribution in [0.5, 0.6) is 0 Å². The summed E-state index contributed by atoms with van der Waals surface area (Å²) in [5.41, 5.74) is 1.81. The molecule has 0 aromatic carbocycles. The Hall–Kier alpha value is -2.87. The van der Waals surface area contributed by atoms with Gasteiger partial charge in [0.05, 0.1) is 23.1 Å². The first-order valence-electron chi connectivity index (χ1n) is 8.71. The van der Waals surface area contributed by atoms with Gasteiger partial charge < -0.3 is 19.3 Å². The minimum Gasteiger partial charge on any atom is -0.507 e. The molecule has 144 valence electrons. The van der Waals surface area contributed by atoms with Gasteiger partial charge in [0.25, 0.3) is 11.7 Å². The molecule has 0 bridgehead atoms. The molecule has 0 spiro atoms. The third-order valence-electron chi connectivity index (χ3n) is 4.89. The number of aromatic nitrogens is 2. The molecule has 2 aromatic rings. The largest absolute Gasteiger partial charge is 0.507 e. The van der Waals surface area contributed by atoms with Gasteiger partial charge in [-0.25, -0.2) is 0 Å². The van der Waals surface area contributed by atoms with Crippen molar-refractivity contribution in [2.24, 2.45) is 7.05 Å². The Morgan fingerprint density at radius 1 is 1.33 bits per heavy atom. The lowest BCUT2D eigenvalue weighted by Crippen LogP contribution is -2.35. The van der Waals surface area contributed by atoms with Crippen molar-refractivity contribution >= 4 is 17.4 Å². The summed E-state index contributed by atoms with van der Waals surface area (Å²) in [6, 6.07) is 2.64. The molecule has 1 aliphatic heterocycles. The highest BCUT2D eigenvalue weighted by Gasteiger charge is 2.47. The van der Waals surface area contributed by atoms with Gasteiger partial charge in [0, 0.05) is 25.8 Å². The number of aliphatic hydroxyl groups excluding tert-OH is 1. The molecule has 3 heterocycles. The van der Waals surface area contributed by atoms with Gasteiger partial charge in [0.1, 0.15) is 17.6 Å². The molecule has 2 aromatic heterocycles. The van der Waals surface area contributed by atoms with E-state index >= 15 is 0 Å². The fourth-order valence-corrected chi connectivity index (χ4v) is 3.41. The molecule has 8 heteroatoms. The van der Waals surface area contributed by atoms with E-state index in [1.165, 1.54) is 11.2 Å². The van der Waals surface area contributed by atoms with Crippen LogP contribution < -0.4 is 0 Å². The van der Waals surface area contributed by atoms with E-state index < -0.39 is 17.7 Å². The van der Waals surface area contributed by atoms with Crippen molar-refractivity contribution in [3.8, 4) is 0 Å². The summed E-state index contributed by atoms with van der Waals surface area (Å²) >= 11 is 0. The zero-order valence-electron chi connectivity index (χ0n) is 16.2. The second-order valence-electron chi connectivity index (χ2n) is 6.98. The second-order valence-corrected chi connectivity index (χ2v) is 6.98. The van der Waals surface area contributed by atoms with E-state index in [2.05, 4.69) is 5.10 Å². The number of carbonyl (C=O) groups excluding carboxylic acids is 2. The van der Waals surface area contributed by atoms with Crippen LogP contribution in [-0.4, -0.2) is 63.6 Å². The van der Waals surface area contributed by atoms with Gasteiger partial charge in [-0.1, -0.05) is 0 Å². The number of hydrogen-bond acceptors (Lipinski definition) is 6. The van der Waals surface area contributed by atoms with E-state index in [9.17, 15) is 14.7 Å². The highest BCUT2D eigenvalue weighted by molar-refractivity contribution is 6.46. The fourth-order valence-electron chi connectivity index (χ4n) is 3.41. The summed E-state index contributed by atoms with van der Waals surface area (Å²) in [7, 11) is 5.54. The standard InChI is InChI=1S/C19H24N4O4/c1-11-14(12(2)22(5)20-11)17(24)15-16(13-7-6-10-27-13)23(9-8-21(3)4)19(26)18(15)25/h6-7,10,16,24H,8-9H2,1-5H3. The van der Waals surface area contributed by atoms with Gasteiger partial charge in [0.15, 0.2) is 0 Å². The van der Waals surface area contributed by atoms with Crippen molar-refractivity contribution in [1.29, 1.82) is 0 Å². The maximum atomic E-state index is 12.8. The number of amides is 1. The molecule has 0 saturated carbocycles. The molecule has 1 amide bonds. The van der Waals surface area contributed by atoms with E-state index in [1.54, 1.807) is 37.7 Å². The van der Waals surface area contributed by atoms with E-state index in [0.717, 1.165) is 0 Å². The predicted octanol–water partition coefficient (Wildman–Crippen LogP) is 1.61. The molecular weight excluding hydrogens is 348 g/mol. The second kappa shape index (κ2) is 7.03. The fraction of sp³-hybridized carbons (Fsp3) is 0.421. The van der Waals surface area contributed by atoms with Crippen LogP contribution >= 0.6 is 0 Å². The van der Waals surface area contributed by atoms with Gasteiger partial charge in [-0.3, -0.25) is 14.3 Å². The van der Waals surface area contributed by atoms with Crippen LogP contribution in [0.15, 0.2) is 28.4 Å². The first kappa shape index (κ1) is 18.9. The Bertz CT molecular complexity index is 909. The Balaban J connectivity index is 2.17. The van der Waals surface area contributed by atoms with Crippen LogP contribution in [0, 0.1) is 13.8 Å². The number of ketones is 1. The molecule has 1 saturated heterocycles. The summed E-state index contributed by atoms with van der Waals surface area (Å²) in [5, 5.41) is 15.3. The van der Waals surface area contributed by atoms with E-state index in [4.69, 9.17) is 4.42 Å². The molecule has 1 unspecified atom stereocenters. The Morgan fingerprint density at radius 2 is 2.04 bits per heavy atom. The van der Waals surface area contributed by atoms with Crippen molar-refractivity contribution < 1.29 is 19.1 Å². The molecule has 0 radical (unpaired) electrons. The minimum absolute atomic E-state index is 0.0351. The average molecular weight is 372 g/mol. The molecular formula is C19H24N4O4. The molecule has 0 aliphatic carbocycles. The van der Waals surface area contributed by atoms with Crippen LogP contribution in [0.1, 0.15) is 28.8 Å². The van der Waals surface area contributed by atoms with Gasteiger partial charge in [-0.05, 0) is 40.1 Å². The lowest BCUT2D eigenvalue weighted by molar-refractivity contribution is -0.140. The lowest BCUT2D eigenvalue weighted by atomic mass is 9.98. The number of Topliss-reactive ketones (excluding diaryl/α,β-unsaturated/α-hetero) is 1. The molecule has 1 atom stereocenters. The number of aliphatic hydroxyl groups is 1. The highest BCUT2D eigenvalue weighted by Crippen LogP contribution is 2.40. The van der Waals surface area contributed by atoms with Gasteiger partial charge in [-0.2, -0.15) is 5.10 Å². The molecule has 3 rings (SSSR count). The van der Waals surface area contributed by atoms with E-state index in [1.807, 2.05) is 19.0 Å². The summed E-state index contributed by atoms with van der Waals surface area (Å²) < 4.78 is 7.14. The SMILES string of the molecule is Cc1nn(C)c(C)c1C(O)=C1C(=O)C(=O)N(CCN(C)C)C1c1ccco1. The van der Waals surface area contributed by atoms with Crippen molar-refractivity contribution in [2.45, 2.75) is 19.9 Å². The number of rotatable bonds is 5. The number of likely N-dealkylation sites (N-methyl/N-ethyl adjacent to an activating group) is 1. The zero-order chi connectivity index (χ0) is 19.9. The number of aryl methyl sites for hydroxylation is 2. The summed E-state index contributed by atoms with van der Waals surface area (Å²) in [4.78, 5) is 28.9. The summed E-state index contributed by atoms with van der Waals surface area (Å²) in [6.45, 7) is 4.48. The molecule has 8 nitrogen and oxygen atoms in total. The topological polar surface area (TPSA) is 91.8 Å². The maximum Gasteiger partial charge on any atom is 0.295 e. The third kappa shape index (κ3) is 3.16. The predicted molar refractivity (Wildman–Crippen MR) is 99.0 cm³/mol. The monoisotopic (exact) mass is 372 g/mol. The van der Waals surface area contributed by atoms with Crippen LogP contribution in [0.4, 0.5) is 0 Å². The Morgan fingerprint density at radius 3 is 2.56 bits per heavy atom. The van der Waals surface area contributed by atoms with Crippen molar-refractivity contribution in [3.05, 3.63) is 46.7 Å². The first-order chi connectivity index (χ1) is 12.7. The summed E-state index contributed by atoms with van der Waals surface area (Å²) in [6.07, 6.45) is 1.49. The third-order valence-corrected chi connectivity index (χ3v) is 4.89. The van der Waals surface area contributed by atoms with Gasteiger partial charge in [0.2, 0.25) is 0 Å². The highest BCUT2D eigenvalue weighted by atomic mass is 16.3. The number of carbonyl (C=O) groups is 2. The van der Waals surface area contributed by atoms with E-state index in [-0.39, 0.29) is 11.3 Å². The maximum absolute atomic E-state index is 12.8. The van der Waals surface area contributed by atoms with Crippen LogP contribution in [-0.2, 0) is 16.6 Å². The Kier molecular flexibility index (Phi) is 4.93. The van der Waals surface area contributed by atoms with Crippen molar-refractivity contribution in [3.63, 3.8) is 0 Å².